The third kappa shape index (κ3) is 3.85. The normalized spacial score (nSPS) is 18.3. The van der Waals surface area contributed by atoms with Gasteiger partial charge >= 0.3 is 0 Å². The monoisotopic (exact) mass is 335 g/mol. The van der Waals surface area contributed by atoms with Crippen LogP contribution in [-0.4, -0.2) is 32.8 Å². The van der Waals surface area contributed by atoms with Gasteiger partial charge in [0, 0.05) is 30.9 Å². The molecule has 1 saturated heterocycles. The van der Waals surface area contributed by atoms with Gasteiger partial charge in [-0.25, -0.2) is 8.78 Å². The van der Waals surface area contributed by atoms with Gasteiger partial charge in [0.05, 0.1) is 5.25 Å². The molecule has 3 rings (SSSR count). The summed E-state index contributed by atoms with van der Waals surface area (Å²) in [6.07, 6.45) is 3.17. The summed E-state index contributed by atoms with van der Waals surface area (Å²) < 4.78 is 26.7. The van der Waals surface area contributed by atoms with Crippen LogP contribution >= 0.6 is 11.8 Å². The zero-order chi connectivity index (χ0) is 16.2. The van der Waals surface area contributed by atoms with Crippen molar-refractivity contribution < 1.29 is 13.6 Å². The van der Waals surface area contributed by atoms with E-state index in [9.17, 15) is 13.6 Å². The van der Waals surface area contributed by atoms with Gasteiger partial charge in [0.15, 0.2) is 0 Å². The Kier molecular flexibility index (Phi) is 4.85. The van der Waals surface area contributed by atoms with Crippen LogP contribution in [0.4, 0.5) is 8.78 Å². The minimum atomic E-state index is -0.624. The van der Waals surface area contributed by atoms with Crippen LogP contribution in [0.1, 0.15) is 18.4 Å². The molecule has 1 fully saturated rings. The summed E-state index contributed by atoms with van der Waals surface area (Å²) in [5, 5.41) is 8.23. The molecule has 1 aliphatic rings. The van der Waals surface area contributed by atoms with E-state index in [4.69, 9.17) is 0 Å². The molecule has 0 N–H and O–H groups in total. The highest BCUT2D eigenvalue weighted by Gasteiger charge is 2.30. The SMILES string of the molecule is O=C1[C@H](Sc2cccnn2)CCCN1Cc1ccc(F)cc1F. The van der Waals surface area contributed by atoms with Gasteiger partial charge in [-0.2, -0.15) is 5.10 Å². The molecule has 1 amide bonds. The summed E-state index contributed by atoms with van der Waals surface area (Å²) in [4.78, 5) is 14.2. The van der Waals surface area contributed by atoms with E-state index in [2.05, 4.69) is 10.2 Å². The first-order valence-corrected chi connectivity index (χ1v) is 8.18. The van der Waals surface area contributed by atoms with E-state index < -0.39 is 11.6 Å². The van der Waals surface area contributed by atoms with Crippen molar-refractivity contribution in [3.8, 4) is 0 Å². The van der Waals surface area contributed by atoms with E-state index in [0.717, 1.165) is 18.9 Å². The van der Waals surface area contributed by atoms with Crippen LogP contribution in [0, 0.1) is 11.6 Å². The maximum absolute atomic E-state index is 13.8. The van der Waals surface area contributed by atoms with Crippen molar-refractivity contribution in [3.63, 3.8) is 0 Å². The maximum Gasteiger partial charge on any atom is 0.236 e. The van der Waals surface area contributed by atoms with Gasteiger partial charge in [0.25, 0.3) is 0 Å². The molecular weight excluding hydrogens is 320 g/mol. The standard InChI is InChI=1S/C16H15F2N3OS/c17-12-6-5-11(13(18)9-12)10-21-8-2-3-14(16(21)22)23-15-4-1-7-19-20-15/h1,4-7,9,14H,2-3,8,10H2/t14-/m1/s1. The molecule has 0 radical (unpaired) electrons. The van der Waals surface area contributed by atoms with E-state index in [1.54, 1.807) is 17.2 Å². The zero-order valence-corrected chi connectivity index (χ0v) is 13.1. The number of rotatable bonds is 4. The lowest BCUT2D eigenvalue weighted by molar-refractivity contribution is -0.133. The second-order valence-electron chi connectivity index (χ2n) is 5.31. The molecule has 120 valence electrons. The van der Waals surface area contributed by atoms with Crippen LogP contribution in [0.15, 0.2) is 41.6 Å². The van der Waals surface area contributed by atoms with Gasteiger partial charge in [0.2, 0.25) is 5.91 Å². The second-order valence-corrected chi connectivity index (χ2v) is 6.53. The molecule has 1 aliphatic heterocycles. The highest BCUT2D eigenvalue weighted by Crippen LogP contribution is 2.29. The van der Waals surface area contributed by atoms with Gasteiger partial charge in [-0.1, -0.05) is 17.8 Å². The fourth-order valence-electron chi connectivity index (χ4n) is 2.52. The van der Waals surface area contributed by atoms with Crippen LogP contribution in [0.2, 0.25) is 0 Å². The number of carbonyl (C=O) groups excluding carboxylic acids is 1. The predicted molar refractivity (Wildman–Crippen MR) is 82.7 cm³/mol. The Balaban J connectivity index is 1.69. The van der Waals surface area contributed by atoms with Crippen molar-refractivity contribution in [1.29, 1.82) is 0 Å². The Hall–Kier alpha value is -2.02. The van der Waals surface area contributed by atoms with Crippen molar-refractivity contribution in [2.24, 2.45) is 0 Å². The molecule has 0 spiro atoms. The number of benzene rings is 1. The van der Waals surface area contributed by atoms with Crippen LogP contribution in [0.3, 0.4) is 0 Å². The van der Waals surface area contributed by atoms with Gasteiger partial charge in [-0.15, -0.1) is 5.10 Å². The fraction of sp³-hybridized carbons (Fsp3) is 0.312. The van der Waals surface area contributed by atoms with Crippen molar-refractivity contribution in [1.82, 2.24) is 15.1 Å². The van der Waals surface area contributed by atoms with E-state index in [0.29, 0.717) is 17.1 Å². The van der Waals surface area contributed by atoms with Gasteiger partial charge < -0.3 is 4.90 Å². The number of halogens is 2. The lowest BCUT2D eigenvalue weighted by Crippen LogP contribution is -2.42. The van der Waals surface area contributed by atoms with Gasteiger partial charge in [-0.3, -0.25) is 4.79 Å². The number of hydrogen-bond donors (Lipinski definition) is 0. The van der Waals surface area contributed by atoms with Crippen LogP contribution in [-0.2, 0) is 11.3 Å². The lowest BCUT2D eigenvalue weighted by atomic mass is 10.1. The molecule has 0 saturated carbocycles. The van der Waals surface area contributed by atoms with E-state index in [-0.39, 0.29) is 17.7 Å². The first-order valence-electron chi connectivity index (χ1n) is 7.30. The zero-order valence-electron chi connectivity index (χ0n) is 12.3. The number of likely N-dealkylation sites (tertiary alicyclic amines) is 1. The fourth-order valence-corrected chi connectivity index (χ4v) is 3.60. The summed E-state index contributed by atoms with van der Waals surface area (Å²) in [6, 6.07) is 7.02. The van der Waals surface area contributed by atoms with Crippen LogP contribution in [0.5, 0.6) is 0 Å². The molecule has 0 aliphatic carbocycles. The highest BCUT2D eigenvalue weighted by molar-refractivity contribution is 8.00. The number of hydrogen-bond acceptors (Lipinski definition) is 4. The first kappa shape index (κ1) is 15.9. The average molecular weight is 335 g/mol. The van der Waals surface area contributed by atoms with Gasteiger partial charge in [-0.05, 0) is 31.0 Å². The molecule has 1 aromatic carbocycles. The van der Waals surface area contributed by atoms with Crippen molar-refractivity contribution >= 4 is 17.7 Å². The third-order valence-electron chi connectivity index (χ3n) is 3.67. The van der Waals surface area contributed by atoms with E-state index in [1.165, 1.54) is 23.9 Å². The summed E-state index contributed by atoms with van der Waals surface area (Å²) in [5.74, 6) is -1.29. The Labute approximate surface area is 136 Å². The van der Waals surface area contributed by atoms with Gasteiger partial charge in [0.1, 0.15) is 16.7 Å². The minimum Gasteiger partial charge on any atom is -0.337 e. The Bertz CT molecular complexity index is 699. The van der Waals surface area contributed by atoms with E-state index >= 15 is 0 Å². The molecule has 0 bridgehead atoms. The quantitative estimate of drug-likeness (QED) is 0.862. The molecule has 7 heteroatoms. The molecule has 4 nitrogen and oxygen atoms in total. The first-order chi connectivity index (χ1) is 11.1. The number of amides is 1. The Morgan fingerprint density at radius 3 is 2.91 bits per heavy atom. The molecule has 2 heterocycles. The summed E-state index contributed by atoms with van der Waals surface area (Å²) in [7, 11) is 0. The van der Waals surface area contributed by atoms with Crippen molar-refractivity contribution in [2.75, 3.05) is 6.54 Å². The average Bonchev–Trinajstić information content (AvgIpc) is 2.54. The van der Waals surface area contributed by atoms with Crippen LogP contribution in [0.25, 0.3) is 0 Å². The van der Waals surface area contributed by atoms with Crippen molar-refractivity contribution in [3.05, 3.63) is 53.7 Å². The highest BCUT2D eigenvalue weighted by atomic mass is 32.2. The largest absolute Gasteiger partial charge is 0.337 e. The summed E-state index contributed by atoms with van der Waals surface area (Å²) in [6.45, 7) is 0.732. The number of aromatic nitrogens is 2. The Morgan fingerprint density at radius 1 is 1.30 bits per heavy atom. The van der Waals surface area contributed by atoms with Crippen LogP contribution < -0.4 is 0 Å². The number of thioether (sulfide) groups is 1. The number of nitrogens with zero attached hydrogens (tertiary/aromatic N) is 3. The Morgan fingerprint density at radius 2 is 2.17 bits per heavy atom. The lowest BCUT2D eigenvalue weighted by Gasteiger charge is -2.31. The molecule has 0 unspecified atom stereocenters. The van der Waals surface area contributed by atoms with Crippen molar-refractivity contribution in [2.45, 2.75) is 29.7 Å². The maximum atomic E-state index is 13.8. The minimum absolute atomic E-state index is 0.0457. The second kappa shape index (κ2) is 7.04. The van der Waals surface area contributed by atoms with E-state index in [1.807, 2.05) is 6.07 Å². The topological polar surface area (TPSA) is 46.1 Å². The predicted octanol–water partition coefficient (Wildman–Crippen LogP) is 3.04. The number of carbonyl (C=O) groups is 1. The third-order valence-corrected chi connectivity index (χ3v) is 4.85. The molecule has 1 aromatic heterocycles. The molecular formula is C16H15F2N3OS. The summed E-state index contributed by atoms with van der Waals surface area (Å²) >= 11 is 1.38. The smallest absolute Gasteiger partial charge is 0.236 e. The summed E-state index contributed by atoms with van der Waals surface area (Å²) in [5.41, 5.74) is 0.324. The molecule has 1 atom stereocenters. The molecule has 23 heavy (non-hydrogen) atoms. The number of piperidine rings is 1. The molecule has 2 aromatic rings.